The molecule has 0 aliphatic carbocycles. The normalized spacial score (nSPS) is 15.6. The lowest BCUT2D eigenvalue weighted by Gasteiger charge is -2.45. The fourth-order valence-electron chi connectivity index (χ4n) is 2.36. The molecule has 0 aromatic rings. The van der Waals surface area contributed by atoms with Crippen molar-refractivity contribution in [2.45, 2.75) is 46.1 Å². The topological polar surface area (TPSA) is 60.7 Å². The molecule has 0 aromatic carbocycles. The molecule has 3 N–H and O–H groups in total. The number of aliphatic hydroxyl groups is 3. The maximum atomic E-state index is 9.30. The van der Waals surface area contributed by atoms with Gasteiger partial charge in [0.15, 0.2) is 6.04 Å². The van der Waals surface area contributed by atoms with Crippen LogP contribution in [0, 0.1) is 0 Å². The van der Waals surface area contributed by atoms with Crippen LogP contribution in [0.3, 0.4) is 0 Å². The Morgan fingerprint density at radius 2 is 1.29 bits per heavy atom. The Hall–Kier alpha value is -0.160. The van der Waals surface area contributed by atoms with Crippen molar-refractivity contribution in [1.82, 2.24) is 0 Å². The molecule has 0 spiro atoms. The quantitative estimate of drug-likeness (QED) is 0.432. The van der Waals surface area contributed by atoms with Gasteiger partial charge in [-0.2, -0.15) is 0 Å². The third kappa shape index (κ3) is 2.67. The molecule has 0 fully saturated rings. The average molecular weight is 206 g/mol. The van der Waals surface area contributed by atoms with Crippen LogP contribution >= 0.6 is 0 Å². The van der Waals surface area contributed by atoms with E-state index in [4.69, 9.17) is 0 Å². The first-order chi connectivity index (χ1) is 6.37. The molecule has 0 saturated heterocycles. The van der Waals surface area contributed by atoms with E-state index in [1.54, 1.807) is 0 Å². The van der Waals surface area contributed by atoms with E-state index in [0.29, 0.717) is 10.9 Å². The van der Waals surface area contributed by atoms with Gasteiger partial charge >= 0.3 is 5.97 Å². The molecule has 0 rings (SSSR count). The second-order valence-electron chi connectivity index (χ2n) is 3.78. The van der Waals surface area contributed by atoms with Crippen molar-refractivity contribution in [1.29, 1.82) is 0 Å². The molecule has 0 amide bonds. The molecule has 4 nitrogen and oxygen atoms in total. The highest BCUT2D eigenvalue weighted by atomic mass is 16.7. The zero-order valence-electron chi connectivity index (χ0n) is 9.69. The van der Waals surface area contributed by atoms with Gasteiger partial charge in [0.2, 0.25) is 0 Å². The van der Waals surface area contributed by atoms with Gasteiger partial charge < -0.3 is 19.8 Å². The van der Waals surface area contributed by atoms with E-state index in [0.717, 1.165) is 19.6 Å². The van der Waals surface area contributed by atoms with E-state index in [2.05, 4.69) is 0 Å². The van der Waals surface area contributed by atoms with E-state index in [1.165, 1.54) is 0 Å². The number of hydrogen-bond acceptors (Lipinski definition) is 3. The Labute approximate surface area is 86.4 Å². The van der Waals surface area contributed by atoms with Crippen LogP contribution in [0.4, 0.5) is 0 Å². The molecule has 4 heteroatoms. The van der Waals surface area contributed by atoms with Crippen molar-refractivity contribution in [3.63, 3.8) is 0 Å². The molecule has 0 heterocycles. The summed E-state index contributed by atoms with van der Waals surface area (Å²) in [6, 6.07) is -0.539. The second-order valence-corrected chi connectivity index (χ2v) is 3.78. The molecule has 0 aliphatic rings. The minimum atomic E-state index is -2.57. The van der Waals surface area contributed by atoms with Gasteiger partial charge in [-0.25, -0.2) is 0 Å². The van der Waals surface area contributed by atoms with Gasteiger partial charge in [0.25, 0.3) is 0 Å². The van der Waals surface area contributed by atoms with E-state index in [-0.39, 0.29) is 0 Å². The lowest BCUT2D eigenvalue weighted by Crippen LogP contribution is -2.64. The second kappa shape index (κ2) is 5.07. The van der Waals surface area contributed by atoms with Crippen molar-refractivity contribution in [3.8, 4) is 0 Å². The van der Waals surface area contributed by atoms with Crippen molar-refractivity contribution in [2.24, 2.45) is 0 Å². The Bertz CT molecular complexity index is 153. The Morgan fingerprint density at radius 3 is 1.36 bits per heavy atom. The van der Waals surface area contributed by atoms with Gasteiger partial charge in [-0.05, 0) is 20.8 Å². The van der Waals surface area contributed by atoms with Gasteiger partial charge in [-0.3, -0.25) is 0 Å². The van der Waals surface area contributed by atoms with Crippen molar-refractivity contribution >= 4 is 0 Å². The first kappa shape index (κ1) is 13.8. The summed E-state index contributed by atoms with van der Waals surface area (Å²) < 4.78 is 0.528. The maximum absolute atomic E-state index is 9.30. The third-order valence-electron chi connectivity index (χ3n) is 3.38. The van der Waals surface area contributed by atoms with Crippen molar-refractivity contribution < 1.29 is 19.8 Å². The lowest BCUT2D eigenvalue weighted by molar-refractivity contribution is -0.961. The van der Waals surface area contributed by atoms with Crippen molar-refractivity contribution in [2.75, 3.05) is 19.6 Å². The summed E-state index contributed by atoms with van der Waals surface area (Å²) in [5.41, 5.74) is 0. The van der Waals surface area contributed by atoms with Crippen LogP contribution in [-0.2, 0) is 0 Å². The third-order valence-corrected chi connectivity index (χ3v) is 3.38. The van der Waals surface area contributed by atoms with Gasteiger partial charge in [0.1, 0.15) is 0 Å². The van der Waals surface area contributed by atoms with Crippen LogP contribution in [0.25, 0.3) is 0 Å². The number of likely N-dealkylation sites (N-methyl/N-ethyl adjacent to an activating group) is 1. The fourth-order valence-corrected chi connectivity index (χ4v) is 2.36. The van der Waals surface area contributed by atoms with Crippen LogP contribution < -0.4 is 0 Å². The van der Waals surface area contributed by atoms with Crippen LogP contribution in [-0.4, -0.2) is 51.5 Å². The van der Waals surface area contributed by atoms with Gasteiger partial charge in [0, 0.05) is 6.42 Å². The highest BCUT2D eigenvalue weighted by molar-refractivity contribution is 4.65. The van der Waals surface area contributed by atoms with E-state index < -0.39 is 12.0 Å². The summed E-state index contributed by atoms with van der Waals surface area (Å²) in [6.45, 7) is 10.2. The van der Waals surface area contributed by atoms with E-state index >= 15 is 0 Å². The first-order valence-electron chi connectivity index (χ1n) is 5.40. The average Bonchev–Trinajstić information content (AvgIpc) is 2.12. The maximum Gasteiger partial charge on any atom is 0.331 e. The molecular formula is C10H24NO3+. The van der Waals surface area contributed by atoms with Crippen molar-refractivity contribution in [3.05, 3.63) is 0 Å². The molecular weight excluding hydrogens is 182 g/mol. The Balaban J connectivity index is 4.94. The molecule has 0 aliphatic heterocycles. The van der Waals surface area contributed by atoms with Gasteiger partial charge in [0.05, 0.1) is 19.6 Å². The van der Waals surface area contributed by atoms with Crippen LogP contribution in [0.2, 0.25) is 0 Å². The summed E-state index contributed by atoms with van der Waals surface area (Å²) in [5, 5.41) is 27.9. The minimum absolute atomic E-state index is 0.528. The Morgan fingerprint density at radius 1 is 0.929 bits per heavy atom. The SMILES string of the molecule is CCC(C(O)(O)O)[N+](CC)(CC)CC. The largest absolute Gasteiger partial charge is 0.339 e. The monoisotopic (exact) mass is 206 g/mol. The summed E-state index contributed by atoms with van der Waals surface area (Å²) in [5.74, 6) is -2.57. The molecule has 1 atom stereocenters. The smallest absolute Gasteiger partial charge is 0.331 e. The predicted molar refractivity (Wildman–Crippen MR) is 55.3 cm³/mol. The van der Waals surface area contributed by atoms with E-state index in [1.807, 2.05) is 27.7 Å². The van der Waals surface area contributed by atoms with Crippen LogP contribution in [0.5, 0.6) is 0 Å². The van der Waals surface area contributed by atoms with E-state index in [9.17, 15) is 15.3 Å². The highest BCUT2D eigenvalue weighted by Crippen LogP contribution is 2.23. The van der Waals surface area contributed by atoms with Gasteiger partial charge in [-0.15, -0.1) is 0 Å². The molecule has 0 radical (unpaired) electrons. The minimum Gasteiger partial charge on any atom is -0.339 e. The molecule has 86 valence electrons. The first-order valence-corrected chi connectivity index (χ1v) is 5.40. The predicted octanol–water partition coefficient (Wildman–Crippen LogP) is 0.272. The summed E-state index contributed by atoms with van der Waals surface area (Å²) in [7, 11) is 0. The Kier molecular flexibility index (Phi) is 5.01. The van der Waals surface area contributed by atoms with Crippen LogP contribution in [0.15, 0.2) is 0 Å². The molecule has 0 saturated carbocycles. The number of nitrogens with zero attached hydrogens (tertiary/aromatic N) is 1. The number of quaternary nitrogens is 1. The lowest BCUT2D eigenvalue weighted by atomic mass is 10.1. The number of hydrogen-bond donors (Lipinski definition) is 3. The number of rotatable bonds is 6. The summed E-state index contributed by atoms with van der Waals surface area (Å²) in [4.78, 5) is 0. The standard InChI is InChI=1S/C10H24NO3/c1-5-9(10(12,13)14)11(6-2,7-3)8-4/h9,12-14H,5-8H2,1-4H3/q+1. The van der Waals surface area contributed by atoms with Crippen LogP contribution in [0.1, 0.15) is 34.1 Å². The summed E-state index contributed by atoms with van der Waals surface area (Å²) >= 11 is 0. The highest BCUT2D eigenvalue weighted by Gasteiger charge is 2.45. The molecule has 0 aromatic heterocycles. The molecule has 14 heavy (non-hydrogen) atoms. The van der Waals surface area contributed by atoms with Gasteiger partial charge in [-0.1, -0.05) is 6.92 Å². The zero-order chi connectivity index (χ0) is 11.4. The molecule has 1 unspecified atom stereocenters. The molecule has 0 bridgehead atoms. The summed E-state index contributed by atoms with van der Waals surface area (Å²) in [6.07, 6.45) is 0.541. The fraction of sp³-hybridized carbons (Fsp3) is 1.00. The zero-order valence-corrected chi connectivity index (χ0v) is 9.69.